The van der Waals surface area contributed by atoms with Crippen LogP contribution in [0, 0.1) is 5.41 Å². The quantitative estimate of drug-likeness (QED) is 0.725. The highest BCUT2D eigenvalue weighted by molar-refractivity contribution is 5.95. The van der Waals surface area contributed by atoms with E-state index in [1.165, 1.54) is 0 Å². The number of amides is 1. The molecule has 4 nitrogen and oxygen atoms in total. The smallest absolute Gasteiger partial charge is 0.251 e. The molecule has 3 aromatic rings. The summed E-state index contributed by atoms with van der Waals surface area (Å²) in [6.07, 6.45) is 4.77. The highest BCUT2D eigenvalue weighted by Crippen LogP contribution is 2.27. The van der Waals surface area contributed by atoms with E-state index < -0.39 is 0 Å². The first-order valence-electron chi connectivity index (χ1n) is 9.00. The van der Waals surface area contributed by atoms with Gasteiger partial charge in [-0.2, -0.15) is 0 Å². The predicted molar refractivity (Wildman–Crippen MR) is 106 cm³/mol. The number of hydrogen-bond donors (Lipinski definition) is 1. The lowest BCUT2D eigenvalue weighted by Crippen LogP contribution is -2.45. The minimum absolute atomic E-state index is 0.0639. The number of nitrogens with one attached hydrogen (secondary N) is 1. The number of fused-ring (bicyclic) bond motifs is 1. The second-order valence-electron chi connectivity index (χ2n) is 8.75. The second kappa shape index (κ2) is 6.60. The Morgan fingerprint density at radius 3 is 2.42 bits per heavy atom. The normalized spacial score (nSPS) is 12.3. The predicted octanol–water partition coefficient (Wildman–Crippen LogP) is 4.95. The lowest BCUT2D eigenvalue weighted by atomic mass is 9.81. The van der Waals surface area contributed by atoms with Crippen LogP contribution in [0.3, 0.4) is 0 Å². The maximum Gasteiger partial charge on any atom is 0.251 e. The molecule has 0 bridgehead atoms. The Hall–Kier alpha value is -2.62. The van der Waals surface area contributed by atoms with E-state index >= 15 is 0 Å². The van der Waals surface area contributed by atoms with E-state index in [1.54, 1.807) is 0 Å². The van der Waals surface area contributed by atoms with Crippen LogP contribution in [0.25, 0.3) is 16.9 Å². The van der Waals surface area contributed by atoms with Gasteiger partial charge in [-0.3, -0.25) is 4.79 Å². The first kappa shape index (κ1) is 18.2. The number of carbonyl (C=O) groups is 1. The van der Waals surface area contributed by atoms with Crippen molar-refractivity contribution in [3.05, 3.63) is 60.4 Å². The summed E-state index contributed by atoms with van der Waals surface area (Å²) in [4.78, 5) is 17.4. The highest BCUT2D eigenvalue weighted by atomic mass is 16.1. The molecule has 0 fully saturated rings. The van der Waals surface area contributed by atoms with Gasteiger partial charge in [0.15, 0.2) is 0 Å². The van der Waals surface area contributed by atoms with Crippen molar-refractivity contribution in [2.45, 2.75) is 46.6 Å². The Bertz CT molecular complexity index is 917. The number of aromatic nitrogens is 2. The summed E-state index contributed by atoms with van der Waals surface area (Å²) in [5.41, 5.74) is 3.24. The van der Waals surface area contributed by atoms with E-state index in [2.05, 4.69) is 44.9 Å². The first-order valence-corrected chi connectivity index (χ1v) is 9.00. The summed E-state index contributed by atoms with van der Waals surface area (Å²) in [7, 11) is 0. The van der Waals surface area contributed by atoms with Crippen LogP contribution in [-0.4, -0.2) is 20.8 Å². The summed E-state index contributed by atoms with van der Waals surface area (Å²) in [6.45, 7) is 10.7. The van der Waals surface area contributed by atoms with Gasteiger partial charge in [0.1, 0.15) is 5.65 Å². The third-order valence-corrected chi connectivity index (χ3v) is 4.22. The molecule has 0 saturated carbocycles. The molecule has 1 N–H and O–H groups in total. The zero-order chi connectivity index (χ0) is 18.9. The number of nitrogens with zero attached hydrogens (tertiary/aromatic N) is 2. The molecular formula is C22H27N3O. The molecule has 3 rings (SSSR count). The van der Waals surface area contributed by atoms with E-state index in [9.17, 15) is 4.79 Å². The summed E-state index contributed by atoms with van der Waals surface area (Å²) in [5.74, 6) is -0.0639. The van der Waals surface area contributed by atoms with Gasteiger partial charge in [0.2, 0.25) is 0 Å². The van der Waals surface area contributed by atoms with Gasteiger partial charge in [-0.05, 0) is 37.8 Å². The van der Waals surface area contributed by atoms with Crippen LogP contribution in [0.15, 0.2) is 54.9 Å². The van der Waals surface area contributed by atoms with Gasteiger partial charge in [0.25, 0.3) is 5.91 Å². The van der Waals surface area contributed by atoms with Gasteiger partial charge in [0, 0.05) is 29.1 Å². The van der Waals surface area contributed by atoms with Crippen molar-refractivity contribution < 1.29 is 4.79 Å². The van der Waals surface area contributed by atoms with Crippen LogP contribution in [0.2, 0.25) is 0 Å². The molecule has 26 heavy (non-hydrogen) atoms. The van der Waals surface area contributed by atoms with E-state index in [-0.39, 0.29) is 16.9 Å². The van der Waals surface area contributed by atoms with Crippen molar-refractivity contribution in [1.82, 2.24) is 14.7 Å². The second-order valence-corrected chi connectivity index (χ2v) is 8.75. The molecule has 0 aliphatic carbocycles. The summed E-state index contributed by atoms with van der Waals surface area (Å²) in [6, 6.07) is 13.7. The zero-order valence-corrected chi connectivity index (χ0v) is 16.2. The SMILES string of the molecule is CC(C)(C)CC(C)(C)NC(=O)c1ccn2cc(-c3ccccc3)nc2c1. The van der Waals surface area contributed by atoms with Crippen molar-refractivity contribution in [2.24, 2.45) is 5.41 Å². The minimum Gasteiger partial charge on any atom is -0.347 e. The lowest BCUT2D eigenvalue weighted by molar-refractivity contribution is 0.0891. The largest absolute Gasteiger partial charge is 0.347 e. The van der Waals surface area contributed by atoms with Gasteiger partial charge in [-0.1, -0.05) is 51.1 Å². The van der Waals surface area contributed by atoms with Crippen LogP contribution < -0.4 is 5.32 Å². The Kier molecular flexibility index (Phi) is 4.61. The van der Waals surface area contributed by atoms with E-state index in [4.69, 9.17) is 0 Å². The van der Waals surface area contributed by atoms with Crippen LogP contribution in [0.1, 0.15) is 51.4 Å². The molecule has 1 aromatic carbocycles. The van der Waals surface area contributed by atoms with Crippen molar-refractivity contribution in [3.63, 3.8) is 0 Å². The van der Waals surface area contributed by atoms with Crippen LogP contribution >= 0.6 is 0 Å². The summed E-state index contributed by atoms with van der Waals surface area (Å²) >= 11 is 0. The Labute approximate surface area is 155 Å². The van der Waals surface area contributed by atoms with Gasteiger partial charge in [-0.15, -0.1) is 0 Å². The zero-order valence-electron chi connectivity index (χ0n) is 16.2. The number of rotatable bonds is 4. The molecule has 0 aliphatic heterocycles. The summed E-state index contributed by atoms with van der Waals surface area (Å²) in [5, 5.41) is 3.16. The fourth-order valence-corrected chi connectivity index (χ4v) is 3.62. The van der Waals surface area contributed by atoms with Crippen LogP contribution in [-0.2, 0) is 0 Å². The molecule has 0 unspecified atom stereocenters. The molecule has 2 heterocycles. The standard InChI is InChI=1S/C22H27N3O/c1-21(2,3)15-22(4,5)24-20(26)17-11-12-25-14-18(23-19(25)13-17)16-9-7-6-8-10-16/h6-14H,15H2,1-5H3,(H,24,26). The average molecular weight is 349 g/mol. The van der Waals surface area contributed by atoms with E-state index in [0.29, 0.717) is 5.56 Å². The molecule has 1 amide bonds. The topological polar surface area (TPSA) is 46.4 Å². The molecule has 0 aliphatic rings. The van der Waals surface area contributed by atoms with Gasteiger partial charge in [0.05, 0.1) is 5.69 Å². The third-order valence-electron chi connectivity index (χ3n) is 4.22. The molecule has 136 valence electrons. The molecular weight excluding hydrogens is 322 g/mol. The molecule has 0 spiro atoms. The van der Waals surface area contributed by atoms with Gasteiger partial charge < -0.3 is 9.72 Å². The Morgan fingerprint density at radius 1 is 1.08 bits per heavy atom. The fraction of sp³-hybridized carbons (Fsp3) is 0.364. The van der Waals surface area contributed by atoms with Gasteiger partial charge >= 0.3 is 0 Å². The van der Waals surface area contributed by atoms with Crippen LogP contribution in [0.5, 0.6) is 0 Å². The molecule has 0 saturated heterocycles. The third kappa shape index (κ3) is 4.31. The lowest BCUT2D eigenvalue weighted by Gasteiger charge is -2.33. The fourth-order valence-electron chi connectivity index (χ4n) is 3.62. The maximum absolute atomic E-state index is 12.7. The number of carbonyl (C=O) groups excluding carboxylic acids is 1. The van der Waals surface area contributed by atoms with Crippen LogP contribution in [0.4, 0.5) is 0 Å². The van der Waals surface area contributed by atoms with Crippen molar-refractivity contribution in [2.75, 3.05) is 0 Å². The Morgan fingerprint density at radius 2 is 1.77 bits per heavy atom. The number of hydrogen-bond acceptors (Lipinski definition) is 2. The number of benzene rings is 1. The number of imidazole rings is 1. The molecule has 4 heteroatoms. The Balaban J connectivity index is 1.83. The summed E-state index contributed by atoms with van der Waals surface area (Å²) < 4.78 is 1.94. The average Bonchev–Trinajstić information content (AvgIpc) is 2.96. The van der Waals surface area contributed by atoms with Gasteiger partial charge in [-0.25, -0.2) is 4.98 Å². The monoisotopic (exact) mass is 349 g/mol. The maximum atomic E-state index is 12.7. The van der Waals surface area contributed by atoms with E-state index in [0.717, 1.165) is 23.3 Å². The van der Waals surface area contributed by atoms with Crippen molar-refractivity contribution >= 4 is 11.6 Å². The van der Waals surface area contributed by atoms with E-state index in [1.807, 2.05) is 59.3 Å². The molecule has 0 atom stereocenters. The number of pyridine rings is 1. The highest BCUT2D eigenvalue weighted by Gasteiger charge is 2.27. The molecule has 2 aromatic heterocycles. The van der Waals surface area contributed by atoms with Crippen molar-refractivity contribution in [1.29, 1.82) is 0 Å². The first-order chi connectivity index (χ1) is 12.1. The molecule has 0 radical (unpaired) electrons. The minimum atomic E-state index is -0.272. The van der Waals surface area contributed by atoms with Crippen molar-refractivity contribution in [3.8, 4) is 11.3 Å².